The number of nitrogens with zero attached hydrogens (tertiary/aromatic N) is 3. The van der Waals surface area contributed by atoms with Gasteiger partial charge in [0.2, 0.25) is 5.28 Å². The van der Waals surface area contributed by atoms with E-state index < -0.39 is 0 Å². The van der Waals surface area contributed by atoms with Crippen molar-refractivity contribution >= 4 is 38.4 Å². The largest absolute Gasteiger partial charge is 0.268 e. The molecule has 0 N–H and O–H groups in total. The first-order valence-electron chi connectivity index (χ1n) is 5.45. The molecule has 19 heavy (non-hydrogen) atoms. The number of fused-ring (bicyclic) bond motifs is 1. The summed E-state index contributed by atoms with van der Waals surface area (Å²) in [5.74, 6) is 0. The van der Waals surface area contributed by atoms with E-state index >= 15 is 0 Å². The van der Waals surface area contributed by atoms with E-state index in [-0.39, 0.29) is 10.8 Å². The van der Waals surface area contributed by atoms with Gasteiger partial charge in [-0.05, 0) is 51.8 Å². The van der Waals surface area contributed by atoms with Crippen molar-refractivity contribution in [3.8, 4) is 5.69 Å². The van der Waals surface area contributed by atoms with Crippen LogP contribution in [0.15, 0.2) is 52.0 Å². The number of aromatic nitrogens is 3. The minimum Gasteiger partial charge on any atom is -0.268 e. The molecule has 0 saturated heterocycles. The van der Waals surface area contributed by atoms with E-state index in [0.29, 0.717) is 16.6 Å². The van der Waals surface area contributed by atoms with Gasteiger partial charge < -0.3 is 0 Å². The average molecular weight is 337 g/mol. The van der Waals surface area contributed by atoms with Crippen LogP contribution in [0.3, 0.4) is 0 Å². The van der Waals surface area contributed by atoms with E-state index in [2.05, 4.69) is 25.9 Å². The Hall–Kier alpha value is -1.72. The Bertz CT molecular complexity index is 817. The van der Waals surface area contributed by atoms with Crippen LogP contribution < -0.4 is 5.56 Å². The van der Waals surface area contributed by atoms with E-state index in [1.54, 1.807) is 36.7 Å². The molecule has 0 aliphatic carbocycles. The van der Waals surface area contributed by atoms with Gasteiger partial charge in [0.1, 0.15) is 0 Å². The summed E-state index contributed by atoms with van der Waals surface area (Å²) in [4.78, 5) is 20.7. The minimum atomic E-state index is -0.218. The summed E-state index contributed by atoms with van der Waals surface area (Å²) in [6.07, 6.45) is 3.20. The SMILES string of the molecule is O=c1c2cccc(Br)c2nc(Cl)n1-c1cccnc1. The molecule has 2 heterocycles. The zero-order valence-electron chi connectivity index (χ0n) is 9.55. The Morgan fingerprint density at radius 3 is 2.79 bits per heavy atom. The van der Waals surface area contributed by atoms with Gasteiger partial charge in [-0.3, -0.25) is 9.78 Å². The van der Waals surface area contributed by atoms with Crippen molar-refractivity contribution in [2.24, 2.45) is 0 Å². The second-order valence-corrected chi connectivity index (χ2v) is 5.06. The Balaban J connectivity index is 2.43. The quantitative estimate of drug-likeness (QED) is 0.641. The molecular weight excluding hydrogens is 330 g/mol. The molecule has 2 aromatic heterocycles. The second-order valence-electron chi connectivity index (χ2n) is 3.87. The van der Waals surface area contributed by atoms with E-state index in [0.717, 1.165) is 4.47 Å². The van der Waals surface area contributed by atoms with Gasteiger partial charge in [-0.15, -0.1) is 0 Å². The topological polar surface area (TPSA) is 47.8 Å². The molecule has 1 aromatic carbocycles. The molecule has 3 rings (SSSR count). The van der Waals surface area contributed by atoms with Crippen molar-refractivity contribution in [1.82, 2.24) is 14.5 Å². The van der Waals surface area contributed by atoms with Crippen molar-refractivity contribution < 1.29 is 0 Å². The third kappa shape index (κ3) is 2.05. The molecule has 0 bridgehead atoms. The van der Waals surface area contributed by atoms with E-state index in [1.165, 1.54) is 4.57 Å². The summed E-state index contributed by atoms with van der Waals surface area (Å²) < 4.78 is 2.07. The van der Waals surface area contributed by atoms with Crippen molar-refractivity contribution in [2.45, 2.75) is 0 Å². The zero-order chi connectivity index (χ0) is 13.4. The molecule has 0 amide bonds. The minimum absolute atomic E-state index is 0.109. The Morgan fingerprint density at radius 1 is 1.21 bits per heavy atom. The van der Waals surface area contributed by atoms with Crippen LogP contribution >= 0.6 is 27.5 Å². The predicted molar refractivity (Wildman–Crippen MR) is 77.8 cm³/mol. The monoisotopic (exact) mass is 335 g/mol. The lowest BCUT2D eigenvalue weighted by Gasteiger charge is -2.09. The fourth-order valence-corrected chi connectivity index (χ4v) is 2.57. The number of hydrogen-bond donors (Lipinski definition) is 0. The van der Waals surface area contributed by atoms with Crippen molar-refractivity contribution in [3.63, 3.8) is 0 Å². The summed E-state index contributed by atoms with van der Waals surface area (Å²) in [6.45, 7) is 0. The molecule has 0 radical (unpaired) electrons. The lowest BCUT2D eigenvalue weighted by molar-refractivity contribution is 0.954. The number of pyridine rings is 1. The molecule has 4 nitrogen and oxygen atoms in total. The lowest BCUT2D eigenvalue weighted by Crippen LogP contribution is -2.20. The van der Waals surface area contributed by atoms with Gasteiger partial charge in [0, 0.05) is 10.7 Å². The van der Waals surface area contributed by atoms with Crippen LogP contribution in [0.5, 0.6) is 0 Å². The lowest BCUT2D eigenvalue weighted by atomic mass is 10.2. The molecule has 0 unspecified atom stereocenters. The number of hydrogen-bond acceptors (Lipinski definition) is 3. The maximum absolute atomic E-state index is 12.5. The Labute approximate surface area is 121 Å². The standard InChI is InChI=1S/C13H7BrClN3O/c14-10-5-1-4-9-11(10)17-13(15)18(12(9)19)8-3-2-6-16-7-8/h1-7H. The number of para-hydroxylation sites is 1. The van der Waals surface area contributed by atoms with E-state index in [1.807, 2.05) is 6.07 Å². The molecule has 0 atom stereocenters. The first kappa shape index (κ1) is 12.3. The highest BCUT2D eigenvalue weighted by molar-refractivity contribution is 9.10. The van der Waals surface area contributed by atoms with Crippen LogP contribution in [0.1, 0.15) is 0 Å². The maximum Gasteiger partial charge on any atom is 0.267 e. The third-order valence-electron chi connectivity index (χ3n) is 2.71. The van der Waals surface area contributed by atoms with E-state index in [4.69, 9.17) is 11.6 Å². The van der Waals surface area contributed by atoms with Crippen molar-refractivity contribution in [2.75, 3.05) is 0 Å². The van der Waals surface area contributed by atoms with Crippen LogP contribution in [-0.2, 0) is 0 Å². The third-order valence-corrected chi connectivity index (χ3v) is 3.61. The predicted octanol–water partition coefficient (Wildman–Crippen LogP) is 3.20. The molecule has 0 aliphatic rings. The number of benzene rings is 1. The van der Waals surface area contributed by atoms with Gasteiger partial charge in [-0.25, -0.2) is 9.55 Å². The second kappa shape index (κ2) is 4.75. The van der Waals surface area contributed by atoms with Gasteiger partial charge in [0.25, 0.3) is 5.56 Å². The maximum atomic E-state index is 12.5. The van der Waals surface area contributed by atoms with Gasteiger partial charge in [-0.1, -0.05) is 6.07 Å². The normalized spacial score (nSPS) is 10.8. The van der Waals surface area contributed by atoms with Crippen LogP contribution in [0, 0.1) is 0 Å². The fraction of sp³-hybridized carbons (Fsp3) is 0. The van der Waals surface area contributed by atoms with Crippen LogP contribution in [0.4, 0.5) is 0 Å². The first-order chi connectivity index (χ1) is 9.18. The smallest absolute Gasteiger partial charge is 0.267 e. The highest BCUT2D eigenvalue weighted by Crippen LogP contribution is 2.22. The van der Waals surface area contributed by atoms with Gasteiger partial charge >= 0.3 is 0 Å². The molecular formula is C13H7BrClN3O. The average Bonchev–Trinajstić information content (AvgIpc) is 2.41. The molecule has 0 saturated carbocycles. The highest BCUT2D eigenvalue weighted by atomic mass is 79.9. The van der Waals surface area contributed by atoms with Crippen molar-refractivity contribution in [1.29, 1.82) is 0 Å². The summed E-state index contributed by atoms with van der Waals surface area (Å²) in [5.41, 5.74) is 0.925. The molecule has 94 valence electrons. The molecule has 6 heteroatoms. The first-order valence-corrected chi connectivity index (χ1v) is 6.63. The van der Waals surface area contributed by atoms with Crippen LogP contribution in [-0.4, -0.2) is 14.5 Å². The summed E-state index contributed by atoms with van der Waals surface area (Å²) in [7, 11) is 0. The highest BCUT2D eigenvalue weighted by Gasteiger charge is 2.12. The van der Waals surface area contributed by atoms with Gasteiger partial charge in [-0.2, -0.15) is 0 Å². The number of halogens is 2. The van der Waals surface area contributed by atoms with E-state index in [9.17, 15) is 4.79 Å². The number of rotatable bonds is 1. The summed E-state index contributed by atoms with van der Waals surface area (Å²) in [5, 5.41) is 0.611. The van der Waals surface area contributed by atoms with Crippen molar-refractivity contribution in [3.05, 3.63) is 62.8 Å². The molecule has 0 aliphatic heterocycles. The summed E-state index contributed by atoms with van der Waals surface area (Å²) in [6, 6.07) is 8.82. The fourth-order valence-electron chi connectivity index (χ4n) is 1.86. The van der Waals surface area contributed by atoms with Crippen LogP contribution in [0.2, 0.25) is 5.28 Å². The van der Waals surface area contributed by atoms with Gasteiger partial charge in [0.15, 0.2) is 0 Å². The van der Waals surface area contributed by atoms with Crippen LogP contribution in [0.25, 0.3) is 16.6 Å². The Morgan fingerprint density at radius 2 is 2.05 bits per heavy atom. The van der Waals surface area contributed by atoms with Gasteiger partial charge in [0.05, 0.1) is 22.8 Å². The zero-order valence-corrected chi connectivity index (χ0v) is 11.9. The Kier molecular flexibility index (Phi) is 3.08. The summed E-state index contributed by atoms with van der Waals surface area (Å²) >= 11 is 9.48. The molecule has 3 aromatic rings. The molecule has 0 spiro atoms. The molecule has 0 fully saturated rings.